The molecule has 0 unspecified atom stereocenters. The van der Waals surface area contributed by atoms with E-state index in [9.17, 15) is 15.2 Å². The minimum atomic E-state index is -0.736. The van der Waals surface area contributed by atoms with Crippen LogP contribution in [0.1, 0.15) is 18.4 Å². The molecule has 0 saturated carbocycles. The molecule has 1 aliphatic heterocycles. The Morgan fingerprint density at radius 2 is 2.14 bits per heavy atom. The first-order valence-corrected chi connectivity index (χ1v) is 7.61. The van der Waals surface area contributed by atoms with Crippen molar-refractivity contribution in [3.8, 4) is 0 Å². The molecule has 0 radical (unpaired) electrons. The third-order valence-electron chi connectivity index (χ3n) is 3.68. The van der Waals surface area contributed by atoms with E-state index in [4.69, 9.17) is 4.74 Å². The molecule has 7 heteroatoms. The molecule has 0 aliphatic carbocycles. The number of hydrogen-bond acceptors (Lipinski definition) is 5. The van der Waals surface area contributed by atoms with Gasteiger partial charge < -0.3 is 9.84 Å². The molecule has 0 bridgehead atoms. The molecule has 1 N–H and O–H groups in total. The highest BCUT2D eigenvalue weighted by Gasteiger charge is 2.31. The van der Waals surface area contributed by atoms with Crippen molar-refractivity contribution in [1.82, 2.24) is 4.90 Å². The molecule has 1 aliphatic rings. The number of likely N-dealkylation sites (N-methyl/N-ethyl adjacent to an activating group) is 1. The third kappa shape index (κ3) is 4.23. The van der Waals surface area contributed by atoms with Crippen molar-refractivity contribution in [2.24, 2.45) is 0 Å². The van der Waals surface area contributed by atoms with Crippen molar-refractivity contribution in [2.45, 2.75) is 25.0 Å². The van der Waals surface area contributed by atoms with Crippen LogP contribution in [0.4, 0.5) is 5.69 Å². The van der Waals surface area contributed by atoms with Crippen LogP contribution in [-0.2, 0) is 11.3 Å². The number of hydrogen-bond donors (Lipinski definition) is 1. The Kier molecular flexibility index (Phi) is 5.32. The number of aliphatic hydroxyl groups is 1. The second-order valence-corrected chi connectivity index (χ2v) is 6.31. The summed E-state index contributed by atoms with van der Waals surface area (Å²) in [5, 5.41) is 21.4. The average Bonchev–Trinajstić information content (AvgIpc) is 2.41. The Bertz CT molecular complexity index is 518. The van der Waals surface area contributed by atoms with E-state index in [-0.39, 0.29) is 5.69 Å². The molecule has 1 aromatic carbocycles. The number of nitro benzene ring substituents is 1. The highest BCUT2D eigenvalue weighted by molar-refractivity contribution is 9.10. The van der Waals surface area contributed by atoms with Crippen molar-refractivity contribution in [1.29, 1.82) is 0 Å². The maximum absolute atomic E-state index is 10.9. The van der Waals surface area contributed by atoms with Crippen LogP contribution in [0.5, 0.6) is 0 Å². The molecular weight excluding hydrogens is 340 g/mol. The highest BCUT2D eigenvalue weighted by Crippen LogP contribution is 2.29. The van der Waals surface area contributed by atoms with Gasteiger partial charge in [0.1, 0.15) is 0 Å². The number of nitro groups is 1. The summed E-state index contributed by atoms with van der Waals surface area (Å²) in [6.45, 7) is 2.20. The third-order valence-corrected chi connectivity index (χ3v) is 4.60. The Morgan fingerprint density at radius 3 is 2.76 bits per heavy atom. The summed E-state index contributed by atoms with van der Waals surface area (Å²) in [6, 6.07) is 5.00. The van der Waals surface area contributed by atoms with E-state index in [1.165, 1.54) is 6.07 Å². The quantitative estimate of drug-likeness (QED) is 0.645. The molecule has 0 amide bonds. The van der Waals surface area contributed by atoms with Crippen LogP contribution in [0.15, 0.2) is 22.7 Å². The van der Waals surface area contributed by atoms with Gasteiger partial charge in [-0.25, -0.2) is 0 Å². The summed E-state index contributed by atoms with van der Waals surface area (Å²) in [5.74, 6) is 0. The van der Waals surface area contributed by atoms with Crippen LogP contribution in [-0.4, -0.2) is 47.3 Å². The van der Waals surface area contributed by atoms with Crippen molar-refractivity contribution in [2.75, 3.05) is 26.8 Å². The van der Waals surface area contributed by atoms with E-state index in [1.807, 2.05) is 18.0 Å². The van der Waals surface area contributed by atoms with E-state index in [1.54, 1.807) is 6.07 Å². The molecule has 1 aromatic rings. The first kappa shape index (κ1) is 16.4. The van der Waals surface area contributed by atoms with Gasteiger partial charge in [0, 0.05) is 45.2 Å². The van der Waals surface area contributed by atoms with E-state index < -0.39 is 10.5 Å². The van der Waals surface area contributed by atoms with Gasteiger partial charge in [0.05, 0.1) is 15.0 Å². The topological polar surface area (TPSA) is 75.8 Å². The van der Waals surface area contributed by atoms with Gasteiger partial charge in [0.25, 0.3) is 5.69 Å². The second kappa shape index (κ2) is 6.83. The summed E-state index contributed by atoms with van der Waals surface area (Å²) >= 11 is 3.30. The van der Waals surface area contributed by atoms with Crippen molar-refractivity contribution in [3.63, 3.8) is 0 Å². The Morgan fingerprint density at radius 1 is 1.48 bits per heavy atom. The molecule has 1 heterocycles. The average molecular weight is 359 g/mol. The molecule has 0 atom stereocenters. The van der Waals surface area contributed by atoms with E-state index >= 15 is 0 Å². The molecule has 1 fully saturated rings. The molecule has 2 rings (SSSR count). The maximum atomic E-state index is 10.9. The fraction of sp³-hybridized carbons (Fsp3) is 0.571. The number of nitrogens with zero attached hydrogens (tertiary/aromatic N) is 2. The lowest BCUT2D eigenvalue weighted by Crippen LogP contribution is -2.45. The zero-order chi connectivity index (χ0) is 15.5. The minimum absolute atomic E-state index is 0.0608. The lowest BCUT2D eigenvalue weighted by Gasteiger charge is -2.35. The number of ether oxygens (including phenoxy) is 1. The van der Waals surface area contributed by atoms with Crippen LogP contribution in [0.2, 0.25) is 0 Å². The molecule has 116 valence electrons. The van der Waals surface area contributed by atoms with Crippen LogP contribution in [0, 0.1) is 10.1 Å². The summed E-state index contributed by atoms with van der Waals surface area (Å²) in [5.41, 5.74) is 0.160. The van der Waals surface area contributed by atoms with E-state index in [0.717, 1.165) is 5.56 Å². The lowest BCUT2D eigenvalue weighted by atomic mass is 9.94. The molecule has 6 nitrogen and oxygen atoms in total. The largest absolute Gasteiger partial charge is 0.388 e. The fourth-order valence-corrected chi connectivity index (χ4v) is 3.12. The van der Waals surface area contributed by atoms with Gasteiger partial charge in [-0.1, -0.05) is 12.1 Å². The van der Waals surface area contributed by atoms with Gasteiger partial charge in [-0.15, -0.1) is 0 Å². The second-order valence-electron chi connectivity index (χ2n) is 5.52. The van der Waals surface area contributed by atoms with Gasteiger partial charge in [-0.05, 0) is 28.5 Å². The number of rotatable bonds is 5. The first-order valence-electron chi connectivity index (χ1n) is 6.82. The summed E-state index contributed by atoms with van der Waals surface area (Å²) in [6.07, 6.45) is 1.24. The van der Waals surface area contributed by atoms with Gasteiger partial charge in [0.15, 0.2) is 0 Å². The zero-order valence-corrected chi connectivity index (χ0v) is 13.5. The minimum Gasteiger partial charge on any atom is -0.388 e. The predicted octanol–water partition coefficient (Wildman–Crippen LogP) is 2.33. The standard InChI is InChI=1S/C14H19BrN2O4/c1-16(10-14(18)5-7-21-8-6-14)9-11-3-2-4-12(13(11)15)17(19)20/h2-4,18H,5-10H2,1H3. The van der Waals surface area contributed by atoms with Crippen LogP contribution in [0.25, 0.3) is 0 Å². The van der Waals surface area contributed by atoms with Crippen LogP contribution < -0.4 is 0 Å². The van der Waals surface area contributed by atoms with Crippen LogP contribution >= 0.6 is 15.9 Å². The summed E-state index contributed by atoms with van der Waals surface area (Å²) < 4.78 is 5.77. The first-order chi connectivity index (χ1) is 9.91. The SMILES string of the molecule is CN(Cc1cccc([N+](=O)[O-])c1Br)CC1(O)CCOCC1. The normalized spacial score (nSPS) is 17.9. The van der Waals surface area contributed by atoms with Gasteiger partial charge >= 0.3 is 0 Å². The van der Waals surface area contributed by atoms with Crippen molar-refractivity contribution >= 4 is 21.6 Å². The Hall–Kier alpha value is -1.02. The smallest absolute Gasteiger partial charge is 0.283 e. The zero-order valence-electron chi connectivity index (χ0n) is 11.9. The molecule has 0 spiro atoms. The predicted molar refractivity (Wildman–Crippen MR) is 82.1 cm³/mol. The van der Waals surface area contributed by atoms with E-state index in [2.05, 4.69) is 15.9 Å². The van der Waals surface area contributed by atoms with Crippen molar-refractivity contribution < 1.29 is 14.8 Å². The molecule has 1 saturated heterocycles. The number of halogens is 1. The van der Waals surface area contributed by atoms with E-state index in [0.29, 0.717) is 43.6 Å². The van der Waals surface area contributed by atoms with Gasteiger partial charge in [-0.3, -0.25) is 15.0 Å². The van der Waals surface area contributed by atoms with Crippen LogP contribution in [0.3, 0.4) is 0 Å². The van der Waals surface area contributed by atoms with Gasteiger partial charge in [-0.2, -0.15) is 0 Å². The van der Waals surface area contributed by atoms with Crippen molar-refractivity contribution in [3.05, 3.63) is 38.3 Å². The maximum Gasteiger partial charge on any atom is 0.283 e. The monoisotopic (exact) mass is 358 g/mol. The molecule has 21 heavy (non-hydrogen) atoms. The number of benzene rings is 1. The summed E-state index contributed by atoms with van der Waals surface area (Å²) in [7, 11) is 1.90. The summed E-state index contributed by atoms with van der Waals surface area (Å²) in [4.78, 5) is 12.5. The molecular formula is C14H19BrN2O4. The molecule has 0 aromatic heterocycles. The Balaban J connectivity index is 2.04. The highest BCUT2D eigenvalue weighted by atomic mass is 79.9. The lowest BCUT2D eigenvalue weighted by molar-refractivity contribution is -0.385. The Labute approximate surface area is 132 Å². The van der Waals surface area contributed by atoms with Gasteiger partial charge in [0.2, 0.25) is 0 Å². The fourth-order valence-electron chi connectivity index (χ4n) is 2.59.